The molecule has 1 aromatic carbocycles. The number of rotatable bonds is 4. The van der Waals surface area contributed by atoms with Gasteiger partial charge in [-0.1, -0.05) is 29.3 Å². The largest absolute Gasteiger partial charge is 0.353 e. The van der Waals surface area contributed by atoms with Gasteiger partial charge < -0.3 is 15.1 Å². The molecule has 2 aliphatic rings. The Kier molecular flexibility index (Phi) is 5.60. The Bertz CT molecular complexity index is 850. The van der Waals surface area contributed by atoms with Crippen molar-refractivity contribution in [2.45, 2.75) is 37.3 Å². The molecule has 6 nitrogen and oxygen atoms in total. The Hall–Kier alpha value is -2.05. The molecule has 1 aromatic heterocycles. The minimum absolute atomic E-state index is 0.0384. The molecule has 1 aliphatic heterocycles. The number of likely N-dealkylation sites (N-methyl/N-ethyl adjacent to an activating group) is 1. The molecule has 1 saturated heterocycles. The van der Waals surface area contributed by atoms with Crippen LogP contribution < -0.4 is 10.2 Å². The van der Waals surface area contributed by atoms with Gasteiger partial charge in [0.2, 0.25) is 0 Å². The fraction of sp³-hybridized carbons (Fsp3) is 0.450. The van der Waals surface area contributed by atoms with Gasteiger partial charge in [0.05, 0.1) is 6.04 Å². The summed E-state index contributed by atoms with van der Waals surface area (Å²) in [5, 5.41) is 12.6. The van der Waals surface area contributed by atoms with Gasteiger partial charge in [-0.25, -0.2) is 4.79 Å². The number of urea groups is 1. The molecule has 1 N–H and O–H groups in total. The lowest BCUT2D eigenvalue weighted by atomic mass is 10.0. The van der Waals surface area contributed by atoms with Crippen LogP contribution >= 0.6 is 23.2 Å². The van der Waals surface area contributed by atoms with E-state index in [0.29, 0.717) is 10.0 Å². The van der Waals surface area contributed by atoms with Crippen LogP contribution in [0.5, 0.6) is 0 Å². The van der Waals surface area contributed by atoms with E-state index >= 15 is 0 Å². The Morgan fingerprint density at radius 1 is 1.32 bits per heavy atom. The molecule has 148 valence electrons. The Morgan fingerprint density at radius 2 is 2.18 bits per heavy atom. The van der Waals surface area contributed by atoms with Crippen molar-refractivity contribution in [2.75, 3.05) is 25.0 Å². The van der Waals surface area contributed by atoms with Crippen molar-refractivity contribution >= 4 is 35.1 Å². The van der Waals surface area contributed by atoms with Gasteiger partial charge >= 0.3 is 6.03 Å². The van der Waals surface area contributed by atoms with Crippen molar-refractivity contribution in [2.24, 2.45) is 0 Å². The van der Waals surface area contributed by atoms with Gasteiger partial charge in [-0.3, -0.25) is 0 Å². The molecule has 1 saturated carbocycles. The number of carbonyl (C=O) groups excluding carboxylic acids is 1. The van der Waals surface area contributed by atoms with E-state index in [9.17, 15) is 4.79 Å². The molecule has 28 heavy (non-hydrogen) atoms. The van der Waals surface area contributed by atoms with Gasteiger partial charge in [0.25, 0.3) is 0 Å². The fourth-order valence-corrected chi connectivity index (χ4v) is 4.42. The molecular formula is C20H23Cl2N5O. The lowest BCUT2D eigenvalue weighted by molar-refractivity contribution is 0.182. The molecule has 2 heterocycles. The number of piperidine rings is 1. The summed E-state index contributed by atoms with van der Waals surface area (Å²) in [5.41, 5.74) is 1.05. The smallest absolute Gasteiger partial charge is 0.317 e. The first-order valence-corrected chi connectivity index (χ1v) is 10.3. The van der Waals surface area contributed by atoms with Gasteiger partial charge in [-0.05, 0) is 49.1 Å². The molecule has 0 bridgehead atoms. The molecule has 0 radical (unpaired) electrons. The van der Waals surface area contributed by atoms with Crippen molar-refractivity contribution in [3.05, 3.63) is 52.1 Å². The minimum Gasteiger partial charge on any atom is -0.353 e. The van der Waals surface area contributed by atoms with Crippen LogP contribution in [-0.2, 0) is 0 Å². The molecule has 2 fully saturated rings. The summed E-state index contributed by atoms with van der Waals surface area (Å²) >= 11 is 12.3. The highest BCUT2D eigenvalue weighted by molar-refractivity contribution is 6.35. The summed E-state index contributed by atoms with van der Waals surface area (Å²) in [7, 11) is 1.87. The number of amides is 2. The summed E-state index contributed by atoms with van der Waals surface area (Å²) in [6, 6.07) is 9.62. The molecule has 2 aromatic rings. The van der Waals surface area contributed by atoms with Crippen LogP contribution in [-0.4, -0.2) is 53.3 Å². The van der Waals surface area contributed by atoms with Crippen LogP contribution in [0.25, 0.3) is 0 Å². The average Bonchev–Trinajstić information content (AvgIpc) is 3.46. The molecule has 3 atom stereocenters. The van der Waals surface area contributed by atoms with Gasteiger partial charge in [0.15, 0.2) is 5.82 Å². The standard InChI is InChI=1S/C20H23Cl2N5O/c1-26(14-4-3-9-27(12-14)19-5-2-8-23-25-19)20(28)24-18-11-16(18)15-7-6-13(21)10-17(15)22/h2,5-8,10,14,16,18H,3-4,9,11-12H2,1H3,(H,24,28)/t14-,16+,18-/m1/s1. The summed E-state index contributed by atoms with van der Waals surface area (Å²) in [6.07, 6.45) is 4.57. The maximum atomic E-state index is 12.8. The van der Waals surface area contributed by atoms with Gasteiger partial charge in [0, 0.05) is 48.3 Å². The maximum Gasteiger partial charge on any atom is 0.317 e. The van der Waals surface area contributed by atoms with E-state index in [-0.39, 0.29) is 24.0 Å². The summed E-state index contributed by atoms with van der Waals surface area (Å²) in [5.74, 6) is 1.12. The Balaban J connectivity index is 1.34. The molecule has 0 unspecified atom stereocenters. The third kappa shape index (κ3) is 4.18. The van der Waals surface area contributed by atoms with E-state index in [1.807, 2.05) is 36.2 Å². The SMILES string of the molecule is CN(C(=O)N[C@@H]1C[C@H]1c1ccc(Cl)cc1Cl)[C@@H]1CCCN(c2cccnn2)C1. The van der Waals surface area contributed by atoms with E-state index < -0.39 is 0 Å². The highest BCUT2D eigenvalue weighted by Gasteiger charge is 2.41. The topological polar surface area (TPSA) is 61.4 Å². The highest BCUT2D eigenvalue weighted by Crippen LogP contribution is 2.44. The number of anilines is 1. The van der Waals surface area contributed by atoms with Crippen LogP contribution in [0.4, 0.5) is 10.6 Å². The Labute approximate surface area is 174 Å². The molecule has 0 spiro atoms. The summed E-state index contributed by atoms with van der Waals surface area (Å²) in [4.78, 5) is 16.8. The quantitative estimate of drug-likeness (QED) is 0.814. The number of benzene rings is 1. The van der Waals surface area contributed by atoms with Crippen LogP contribution in [0, 0.1) is 0 Å². The molecule has 1 aliphatic carbocycles. The molecule has 8 heteroatoms. The molecule has 2 amide bonds. The van der Waals surface area contributed by atoms with Crippen molar-refractivity contribution in [1.82, 2.24) is 20.4 Å². The second-order valence-corrected chi connectivity index (χ2v) is 8.34. The highest BCUT2D eigenvalue weighted by atomic mass is 35.5. The van der Waals surface area contributed by atoms with Gasteiger partial charge in [0.1, 0.15) is 0 Å². The first-order valence-electron chi connectivity index (χ1n) is 9.54. The van der Waals surface area contributed by atoms with E-state index in [0.717, 1.165) is 43.7 Å². The number of hydrogen-bond donors (Lipinski definition) is 1. The van der Waals surface area contributed by atoms with Gasteiger partial charge in [-0.15, -0.1) is 5.10 Å². The van der Waals surface area contributed by atoms with Crippen LogP contribution in [0.3, 0.4) is 0 Å². The van der Waals surface area contributed by atoms with E-state index in [4.69, 9.17) is 23.2 Å². The number of nitrogens with zero attached hydrogens (tertiary/aromatic N) is 4. The molecular weight excluding hydrogens is 397 g/mol. The predicted octanol–water partition coefficient (Wildman–Crippen LogP) is 3.95. The second kappa shape index (κ2) is 8.13. The summed E-state index contributed by atoms with van der Waals surface area (Å²) in [6.45, 7) is 1.70. The zero-order valence-corrected chi connectivity index (χ0v) is 17.2. The van der Waals surface area contributed by atoms with Crippen LogP contribution in [0.15, 0.2) is 36.5 Å². The number of carbonyl (C=O) groups is 1. The van der Waals surface area contributed by atoms with Crippen molar-refractivity contribution in [3.8, 4) is 0 Å². The zero-order valence-electron chi connectivity index (χ0n) is 15.7. The number of halogens is 2. The van der Waals surface area contributed by atoms with Crippen LogP contribution in [0.1, 0.15) is 30.7 Å². The monoisotopic (exact) mass is 419 g/mol. The Morgan fingerprint density at radius 3 is 2.93 bits per heavy atom. The molecule has 4 rings (SSSR count). The third-order valence-corrected chi connectivity index (χ3v) is 6.17. The number of hydrogen-bond acceptors (Lipinski definition) is 4. The van der Waals surface area contributed by atoms with Crippen LogP contribution in [0.2, 0.25) is 10.0 Å². The number of aromatic nitrogens is 2. The second-order valence-electron chi connectivity index (χ2n) is 7.50. The van der Waals surface area contributed by atoms with E-state index in [1.54, 1.807) is 12.3 Å². The third-order valence-electron chi connectivity index (χ3n) is 5.61. The van der Waals surface area contributed by atoms with Gasteiger partial charge in [-0.2, -0.15) is 5.10 Å². The predicted molar refractivity (Wildman–Crippen MR) is 111 cm³/mol. The summed E-state index contributed by atoms with van der Waals surface area (Å²) < 4.78 is 0. The number of nitrogens with one attached hydrogen (secondary N) is 1. The van der Waals surface area contributed by atoms with E-state index in [2.05, 4.69) is 20.4 Å². The minimum atomic E-state index is -0.0384. The lowest BCUT2D eigenvalue weighted by Crippen LogP contribution is -2.52. The normalized spacial score (nSPS) is 24.0. The zero-order chi connectivity index (χ0) is 19.7. The van der Waals surface area contributed by atoms with Crippen molar-refractivity contribution in [1.29, 1.82) is 0 Å². The van der Waals surface area contributed by atoms with Crippen molar-refractivity contribution in [3.63, 3.8) is 0 Å². The fourth-order valence-electron chi connectivity index (χ4n) is 3.87. The maximum absolute atomic E-state index is 12.8. The first kappa shape index (κ1) is 19.3. The first-order chi connectivity index (χ1) is 13.5. The van der Waals surface area contributed by atoms with Crippen molar-refractivity contribution < 1.29 is 4.79 Å². The lowest BCUT2D eigenvalue weighted by Gasteiger charge is -2.38. The average molecular weight is 420 g/mol. The van der Waals surface area contributed by atoms with E-state index in [1.165, 1.54) is 0 Å².